The molecule has 4 heteroatoms. The molecule has 0 radical (unpaired) electrons. The van der Waals surface area contributed by atoms with Crippen molar-refractivity contribution < 1.29 is 14.3 Å². The van der Waals surface area contributed by atoms with E-state index in [0.717, 1.165) is 19.4 Å². The summed E-state index contributed by atoms with van der Waals surface area (Å²) in [7, 11) is 0. The van der Waals surface area contributed by atoms with E-state index < -0.39 is 6.04 Å². The fourth-order valence-corrected chi connectivity index (χ4v) is 1.45. The zero-order chi connectivity index (χ0) is 10.4. The number of hydrogen-bond acceptors (Lipinski definition) is 4. The SMILES string of the molecule is CCC[C@H](N)C(=O)OCC1CCOC1. The summed E-state index contributed by atoms with van der Waals surface area (Å²) in [5.74, 6) is 0.0894. The van der Waals surface area contributed by atoms with E-state index >= 15 is 0 Å². The summed E-state index contributed by atoms with van der Waals surface area (Å²) in [4.78, 5) is 11.3. The quantitative estimate of drug-likeness (QED) is 0.665. The lowest BCUT2D eigenvalue weighted by atomic mass is 10.1. The van der Waals surface area contributed by atoms with Crippen molar-refractivity contribution >= 4 is 5.97 Å². The Morgan fingerprint density at radius 1 is 1.71 bits per heavy atom. The van der Waals surface area contributed by atoms with E-state index in [1.165, 1.54) is 0 Å². The van der Waals surface area contributed by atoms with Crippen molar-refractivity contribution in [1.29, 1.82) is 0 Å². The van der Waals surface area contributed by atoms with Gasteiger partial charge in [-0.3, -0.25) is 4.79 Å². The molecule has 82 valence electrons. The maximum Gasteiger partial charge on any atom is 0.322 e. The van der Waals surface area contributed by atoms with Gasteiger partial charge in [-0.2, -0.15) is 0 Å². The van der Waals surface area contributed by atoms with E-state index in [-0.39, 0.29) is 5.97 Å². The Labute approximate surface area is 84.7 Å². The van der Waals surface area contributed by atoms with E-state index in [1.54, 1.807) is 0 Å². The van der Waals surface area contributed by atoms with Crippen LogP contribution in [0.15, 0.2) is 0 Å². The molecule has 0 aliphatic carbocycles. The Hall–Kier alpha value is -0.610. The fraction of sp³-hybridized carbons (Fsp3) is 0.900. The minimum atomic E-state index is -0.456. The average molecular weight is 201 g/mol. The van der Waals surface area contributed by atoms with Crippen LogP contribution in [0.3, 0.4) is 0 Å². The van der Waals surface area contributed by atoms with Crippen LogP contribution in [0.2, 0.25) is 0 Å². The Kier molecular flexibility index (Phi) is 4.90. The van der Waals surface area contributed by atoms with Gasteiger partial charge in [0.05, 0.1) is 13.2 Å². The normalized spacial score (nSPS) is 23.4. The number of rotatable bonds is 5. The van der Waals surface area contributed by atoms with Crippen molar-refractivity contribution in [2.75, 3.05) is 19.8 Å². The van der Waals surface area contributed by atoms with Crippen LogP contribution in [0.5, 0.6) is 0 Å². The Bertz CT molecular complexity index is 178. The second-order valence-electron chi connectivity index (χ2n) is 3.75. The van der Waals surface area contributed by atoms with E-state index in [2.05, 4.69) is 0 Å². The molecular weight excluding hydrogens is 182 g/mol. The molecule has 1 saturated heterocycles. The maximum atomic E-state index is 11.3. The molecule has 0 bridgehead atoms. The molecule has 1 aliphatic rings. The molecule has 1 heterocycles. The summed E-state index contributed by atoms with van der Waals surface area (Å²) >= 11 is 0. The standard InChI is InChI=1S/C10H19NO3/c1-2-3-9(11)10(12)14-7-8-4-5-13-6-8/h8-9H,2-7,11H2,1H3/t8?,9-/m0/s1. The van der Waals surface area contributed by atoms with Gasteiger partial charge >= 0.3 is 5.97 Å². The molecule has 14 heavy (non-hydrogen) atoms. The monoisotopic (exact) mass is 201 g/mol. The number of esters is 1. The van der Waals surface area contributed by atoms with E-state index in [4.69, 9.17) is 15.2 Å². The molecule has 1 fully saturated rings. The van der Waals surface area contributed by atoms with Gasteiger partial charge in [0.2, 0.25) is 0 Å². The zero-order valence-electron chi connectivity index (χ0n) is 8.70. The van der Waals surface area contributed by atoms with Crippen molar-refractivity contribution in [3.05, 3.63) is 0 Å². The first-order valence-electron chi connectivity index (χ1n) is 5.24. The number of hydrogen-bond donors (Lipinski definition) is 1. The molecule has 1 rings (SSSR count). The summed E-state index contributed by atoms with van der Waals surface area (Å²) in [6.07, 6.45) is 2.58. The summed E-state index contributed by atoms with van der Waals surface area (Å²) < 4.78 is 10.3. The van der Waals surface area contributed by atoms with Gasteiger partial charge in [0, 0.05) is 12.5 Å². The fourth-order valence-electron chi connectivity index (χ4n) is 1.45. The summed E-state index contributed by atoms with van der Waals surface area (Å²) in [5.41, 5.74) is 5.61. The number of carbonyl (C=O) groups is 1. The van der Waals surface area contributed by atoms with Crippen LogP contribution in [-0.4, -0.2) is 31.8 Å². The molecule has 1 aliphatic heterocycles. The predicted molar refractivity (Wildman–Crippen MR) is 52.8 cm³/mol. The third kappa shape index (κ3) is 3.64. The van der Waals surface area contributed by atoms with Gasteiger partial charge in [-0.05, 0) is 12.8 Å². The summed E-state index contributed by atoms with van der Waals surface area (Å²) in [6, 6.07) is -0.456. The van der Waals surface area contributed by atoms with Crippen molar-refractivity contribution in [3.63, 3.8) is 0 Å². The molecule has 0 aromatic rings. The largest absolute Gasteiger partial charge is 0.464 e. The molecule has 2 N–H and O–H groups in total. The lowest BCUT2D eigenvalue weighted by Gasteiger charge is -2.12. The van der Waals surface area contributed by atoms with Crippen LogP contribution in [0, 0.1) is 5.92 Å². The van der Waals surface area contributed by atoms with E-state index in [1.807, 2.05) is 6.92 Å². The first-order chi connectivity index (χ1) is 6.74. The first kappa shape index (κ1) is 11.5. The van der Waals surface area contributed by atoms with E-state index in [0.29, 0.717) is 25.6 Å². The van der Waals surface area contributed by atoms with Crippen LogP contribution >= 0.6 is 0 Å². The van der Waals surface area contributed by atoms with Gasteiger partial charge in [-0.15, -0.1) is 0 Å². The maximum absolute atomic E-state index is 11.3. The predicted octanol–water partition coefficient (Wildman–Crippen LogP) is 0.694. The van der Waals surface area contributed by atoms with Crippen LogP contribution in [0.25, 0.3) is 0 Å². The number of ether oxygens (including phenoxy) is 2. The zero-order valence-corrected chi connectivity index (χ0v) is 8.70. The molecule has 1 unspecified atom stereocenters. The highest BCUT2D eigenvalue weighted by atomic mass is 16.5. The lowest BCUT2D eigenvalue weighted by molar-refractivity contribution is -0.146. The van der Waals surface area contributed by atoms with E-state index in [9.17, 15) is 4.79 Å². The molecule has 0 aromatic heterocycles. The molecular formula is C10H19NO3. The lowest BCUT2D eigenvalue weighted by Crippen LogP contribution is -2.33. The topological polar surface area (TPSA) is 61.6 Å². The van der Waals surface area contributed by atoms with Gasteiger partial charge < -0.3 is 15.2 Å². The highest BCUT2D eigenvalue weighted by molar-refractivity contribution is 5.75. The van der Waals surface area contributed by atoms with Crippen molar-refractivity contribution in [2.24, 2.45) is 11.7 Å². The molecule has 4 nitrogen and oxygen atoms in total. The van der Waals surface area contributed by atoms with Crippen molar-refractivity contribution in [2.45, 2.75) is 32.2 Å². The minimum Gasteiger partial charge on any atom is -0.464 e. The second kappa shape index (κ2) is 5.98. The molecule has 2 atom stereocenters. The smallest absolute Gasteiger partial charge is 0.322 e. The third-order valence-electron chi connectivity index (χ3n) is 2.39. The van der Waals surface area contributed by atoms with Crippen molar-refractivity contribution in [3.8, 4) is 0 Å². The van der Waals surface area contributed by atoms with Crippen LogP contribution in [0.4, 0.5) is 0 Å². The van der Waals surface area contributed by atoms with Gasteiger partial charge in [-0.25, -0.2) is 0 Å². The van der Waals surface area contributed by atoms with Crippen molar-refractivity contribution in [1.82, 2.24) is 0 Å². The van der Waals surface area contributed by atoms with Crippen LogP contribution in [0.1, 0.15) is 26.2 Å². The third-order valence-corrected chi connectivity index (χ3v) is 2.39. The molecule has 0 spiro atoms. The van der Waals surface area contributed by atoms with Crippen LogP contribution in [-0.2, 0) is 14.3 Å². The first-order valence-corrected chi connectivity index (χ1v) is 5.24. The van der Waals surface area contributed by atoms with Gasteiger partial charge in [0.1, 0.15) is 6.04 Å². The van der Waals surface area contributed by atoms with Gasteiger partial charge in [0.15, 0.2) is 0 Å². The molecule has 0 aromatic carbocycles. The molecule has 0 saturated carbocycles. The number of carbonyl (C=O) groups excluding carboxylic acids is 1. The highest BCUT2D eigenvalue weighted by Gasteiger charge is 2.19. The van der Waals surface area contributed by atoms with Crippen LogP contribution < -0.4 is 5.73 Å². The highest BCUT2D eigenvalue weighted by Crippen LogP contribution is 2.12. The Morgan fingerprint density at radius 3 is 3.07 bits per heavy atom. The Morgan fingerprint density at radius 2 is 2.50 bits per heavy atom. The second-order valence-corrected chi connectivity index (χ2v) is 3.75. The number of nitrogens with two attached hydrogens (primary N) is 1. The van der Waals surface area contributed by atoms with Gasteiger partial charge in [0.25, 0.3) is 0 Å². The molecule has 0 amide bonds. The summed E-state index contributed by atoms with van der Waals surface area (Å²) in [6.45, 7) is 3.94. The summed E-state index contributed by atoms with van der Waals surface area (Å²) in [5, 5.41) is 0. The van der Waals surface area contributed by atoms with Gasteiger partial charge in [-0.1, -0.05) is 13.3 Å². The minimum absolute atomic E-state index is 0.279. The Balaban J connectivity index is 2.13. The average Bonchev–Trinajstić information content (AvgIpc) is 2.67.